The fourth-order valence-corrected chi connectivity index (χ4v) is 4.78. The van der Waals surface area contributed by atoms with Crippen LogP contribution in [0.5, 0.6) is 0 Å². The summed E-state index contributed by atoms with van der Waals surface area (Å²) in [5.74, 6) is -1.27. The Balaban J connectivity index is 1.66. The molecule has 3 aromatic rings. The molecule has 216 valence electrons. The maximum absolute atomic E-state index is 13.5. The minimum atomic E-state index is -5.08. The van der Waals surface area contributed by atoms with Crippen LogP contribution in [-0.2, 0) is 23.6 Å². The summed E-state index contributed by atoms with van der Waals surface area (Å²) in [7, 11) is 0. The number of rotatable bonds is 5. The summed E-state index contributed by atoms with van der Waals surface area (Å²) in [6, 6.07) is 15.0. The van der Waals surface area contributed by atoms with Crippen LogP contribution in [0.3, 0.4) is 0 Å². The quantitative estimate of drug-likeness (QED) is 0.245. The molecule has 1 unspecified atom stereocenters. The van der Waals surface area contributed by atoms with Gasteiger partial charge in [0.2, 0.25) is 5.91 Å². The Kier molecular flexibility index (Phi) is 8.60. The maximum atomic E-state index is 13.5. The largest absolute Gasteiger partial charge is 0.416 e. The molecule has 10 heteroatoms. The molecule has 0 radical (unpaired) electrons. The van der Waals surface area contributed by atoms with E-state index in [9.17, 15) is 35.9 Å². The predicted molar refractivity (Wildman–Crippen MR) is 143 cm³/mol. The van der Waals surface area contributed by atoms with Crippen molar-refractivity contribution in [3.05, 3.63) is 112 Å². The van der Waals surface area contributed by atoms with Crippen molar-refractivity contribution in [2.24, 2.45) is 0 Å². The van der Waals surface area contributed by atoms with Crippen LogP contribution in [0, 0.1) is 13.8 Å². The van der Waals surface area contributed by atoms with Crippen LogP contribution in [-0.4, -0.2) is 47.3 Å². The molecule has 0 saturated carbocycles. The van der Waals surface area contributed by atoms with Crippen LogP contribution in [0.15, 0.2) is 72.8 Å². The van der Waals surface area contributed by atoms with Crippen molar-refractivity contribution >= 4 is 17.9 Å². The van der Waals surface area contributed by atoms with E-state index in [2.05, 4.69) is 0 Å². The van der Waals surface area contributed by atoms with Crippen molar-refractivity contribution in [1.29, 1.82) is 0 Å². The number of nitrogens with zero attached hydrogens (tertiary/aromatic N) is 2. The zero-order chi connectivity index (χ0) is 29.9. The molecule has 1 aliphatic heterocycles. The molecule has 3 aromatic carbocycles. The Bertz CT molecular complexity index is 1410. The van der Waals surface area contributed by atoms with Crippen molar-refractivity contribution in [2.45, 2.75) is 38.7 Å². The van der Waals surface area contributed by atoms with Gasteiger partial charge in [0, 0.05) is 31.3 Å². The van der Waals surface area contributed by atoms with Crippen molar-refractivity contribution in [3.8, 4) is 0 Å². The number of piperazine rings is 1. The lowest BCUT2D eigenvalue weighted by Crippen LogP contribution is -2.57. The molecule has 0 bridgehead atoms. The van der Waals surface area contributed by atoms with E-state index in [4.69, 9.17) is 0 Å². The highest BCUT2D eigenvalue weighted by Crippen LogP contribution is 2.37. The van der Waals surface area contributed by atoms with Gasteiger partial charge in [0.05, 0.1) is 17.2 Å². The third kappa shape index (κ3) is 7.36. The standard InChI is InChI=1S/C31H28F6N2O2/c1-20-8-9-23(14-21(20)2)15-27-19-38(28(40)11-10-22-6-4-3-5-7-22)12-13-39(27)29(41)24-16-25(30(32,33)34)18-26(17-24)31(35,36)37/h3-11,14,16-18,27H,12-13,15,19H2,1-2H3. The first kappa shape index (κ1) is 29.9. The second kappa shape index (κ2) is 11.8. The highest BCUT2D eigenvalue weighted by Gasteiger charge is 2.39. The number of alkyl halides is 6. The fourth-order valence-electron chi connectivity index (χ4n) is 4.78. The molecule has 1 fully saturated rings. The molecule has 4 rings (SSSR count). The van der Waals surface area contributed by atoms with Crippen molar-refractivity contribution in [2.75, 3.05) is 19.6 Å². The molecule has 0 spiro atoms. The maximum Gasteiger partial charge on any atom is 0.416 e. The first-order valence-electron chi connectivity index (χ1n) is 12.9. The van der Waals surface area contributed by atoms with E-state index in [1.807, 2.05) is 62.4 Å². The first-order valence-corrected chi connectivity index (χ1v) is 12.9. The van der Waals surface area contributed by atoms with E-state index in [0.29, 0.717) is 12.1 Å². The summed E-state index contributed by atoms with van der Waals surface area (Å²) in [5, 5.41) is 0. The van der Waals surface area contributed by atoms with Gasteiger partial charge in [0.1, 0.15) is 0 Å². The van der Waals surface area contributed by atoms with Crippen LogP contribution in [0.1, 0.15) is 43.7 Å². The molecule has 4 nitrogen and oxygen atoms in total. The zero-order valence-corrected chi connectivity index (χ0v) is 22.4. The number of amides is 2. The lowest BCUT2D eigenvalue weighted by Gasteiger charge is -2.41. The summed E-state index contributed by atoms with van der Waals surface area (Å²) >= 11 is 0. The SMILES string of the molecule is Cc1ccc(CC2CN(C(=O)C=Cc3ccccc3)CCN2C(=O)c2cc(C(F)(F)F)cc(C(F)(F)F)c2)cc1C. The minimum Gasteiger partial charge on any atom is -0.335 e. The van der Waals surface area contributed by atoms with Gasteiger partial charge in [-0.25, -0.2) is 0 Å². The molecule has 1 saturated heterocycles. The number of benzene rings is 3. The number of carbonyl (C=O) groups is 2. The van der Waals surface area contributed by atoms with Crippen molar-refractivity contribution in [3.63, 3.8) is 0 Å². The van der Waals surface area contributed by atoms with Crippen LogP contribution < -0.4 is 0 Å². The molecule has 0 aliphatic carbocycles. The molecule has 41 heavy (non-hydrogen) atoms. The molecule has 1 atom stereocenters. The van der Waals surface area contributed by atoms with Gasteiger partial charge in [-0.2, -0.15) is 26.3 Å². The number of halogens is 6. The molecular formula is C31H28F6N2O2. The third-order valence-corrected chi connectivity index (χ3v) is 7.15. The second-order valence-electron chi connectivity index (χ2n) is 10.1. The van der Waals surface area contributed by atoms with Gasteiger partial charge in [0.25, 0.3) is 5.91 Å². The summed E-state index contributed by atoms with van der Waals surface area (Å²) in [6.07, 6.45) is -6.84. The predicted octanol–water partition coefficient (Wildman–Crippen LogP) is 6.95. The number of hydrogen-bond donors (Lipinski definition) is 0. The summed E-state index contributed by atoms with van der Waals surface area (Å²) in [4.78, 5) is 29.4. The smallest absolute Gasteiger partial charge is 0.335 e. The van der Waals surface area contributed by atoms with Gasteiger partial charge in [-0.15, -0.1) is 0 Å². The monoisotopic (exact) mass is 574 g/mol. The highest BCUT2D eigenvalue weighted by molar-refractivity contribution is 5.96. The number of hydrogen-bond acceptors (Lipinski definition) is 2. The Labute approximate surface area is 233 Å². The summed E-state index contributed by atoms with van der Waals surface area (Å²) in [6.45, 7) is 3.91. The van der Waals surface area contributed by atoms with Gasteiger partial charge >= 0.3 is 12.4 Å². The van der Waals surface area contributed by atoms with Crippen LogP contribution in [0.25, 0.3) is 6.08 Å². The average Bonchev–Trinajstić information content (AvgIpc) is 2.92. The molecule has 1 heterocycles. The van der Waals surface area contributed by atoms with E-state index in [1.54, 1.807) is 6.08 Å². The van der Waals surface area contributed by atoms with E-state index >= 15 is 0 Å². The third-order valence-electron chi connectivity index (χ3n) is 7.15. The normalized spacial score (nSPS) is 16.3. The van der Waals surface area contributed by atoms with Crippen molar-refractivity contribution < 1.29 is 35.9 Å². The zero-order valence-electron chi connectivity index (χ0n) is 22.4. The highest BCUT2D eigenvalue weighted by atomic mass is 19.4. The van der Waals surface area contributed by atoms with Crippen molar-refractivity contribution in [1.82, 2.24) is 9.80 Å². The minimum absolute atomic E-state index is 0.000974. The molecule has 2 amide bonds. The second-order valence-corrected chi connectivity index (χ2v) is 10.1. The molecular weight excluding hydrogens is 546 g/mol. The average molecular weight is 575 g/mol. The Morgan fingerprint density at radius 2 is 1.46 bits per heavy atom. The van der Waals surface area contributed by atoms with Crippen LogP contribution >= 0.6 is 0 Å². The molecule has 1 aliphatic rings. The lowest BCUT2D eigenvalue weighted by atomic mass is 9.97. The van der Waals surface area contributed by atoms with Gasteiger partial charge in [-0.3, -0.25) is 9.59 Å². The van der Waals surface area contributed by atoms with E-state index in [-0.39, 0.29) is 38.0 Å². The van der Waals surface area contributed by atoms with Crippen LogP contribution in [0.2, 0.25) is 0 Å². The Morgan fingerprint density at radius 3 is 2.05 bits per heavy atom. The van der Waals surface area contributed by atoms with E-state index in [0.717, 1.165) is 22.3 Å². The van der Waals surface area contributed by atoms with E-state index < -0.39 is 41.0 Å². The van der Waals surface area contributed by atoms with E-state index in [1.165, 1.54) is 15.9 Å². The Hall–Kier alpha value is -4.08. The Morgan fingerprint density at radius 1 is 0.829 bits per heavy atom. The van der Waals surface area contributed by atoms with Crippen LogP contribution in [0.4, 0.5) is 26.3 Å². The number of carbonyl (C=O) groups excluding carboxylic acids is 2. The van der Waals surface area contributed by atoms with Gasteiger partial charge in [0.15, 0.2) is 0 Å². The van der Waals surface area contributed by atoms with Gasteiger partial charge in [-0.05, 0) is 66.8 Å². The van der Waals surface area contributed by atoms with Gasteiger partial charge in [-0.1, -0.05) is 48.5 Å². The summed E-state index contributed by atoms with van der Waals surface area (Å²) < 4.78 is 80.8. The fraction of sp³-hybridized carbons (Fsp3) is 0.290. The van der Waals surface area contributed by atoms with Gasteiger partial charge < -0.3 is 9.80 Å². The molecule has 0 aromatic heterocycles. The number of aryl methyl sites for hydroxylation is 2. The topological polar surface area (TPSA) is 40.6 Å². The first-order chi connectivity index (χ1) is 19.2. The lowest BCUT2D eigenvalue weighted by molar-refractivity contribution is -0.143. The summed E-state index contributed by atoms with van der Waals surface area (Å²) in [5.41, 5.74) is -0.153. The molecule has 0 N–H and O–H groups in total.